The molecule has 0 unspecified atom stereocenters. The van der Waals surface area contributed by atoms with Gasteiger partial charge in [-0.25, -0.2) is 4.79 Å². The van der Waals surface area contributed by atoms with E-state index in [2.05, 4.69) is 24.3 Å². The van der Waals surface area contributed by atoms with E-state index in [0.717, 1.165) is 30.8 Å². The van der Waals surface area contributed by atoms with Crippen molar-refractivity contribution in [1.29, 1.82) is 0 Å². The summed E-state index contributed by atoms with van der Waals surface area (Å²) in [5.41, 5.74) is 2.29. The number of carbonyl (C=O) groups is 1. The van der Waals surface area contributed by atoms with Gasteiger partial charge in [-0.3, -0.25) is 9.48 Å². The molecule has 0 fully saturated rings. The van der Waals surface area contributed by atoms with Gasteiger partial charge in [0, 0.05) is 25.2 Å². The number of aromatic nitrogens is 2. The summed E-state index contributed by atoms with van der Waals surface area (Å²) in [5.74, 6) is 0.799. The number of carbonyl (C=O) groups excluding carboxylic acids is 1. The van der Waals surface area contributed by atoms with Gasteiger partial charge >= 0.3 is 5.63 Å². The highest BCUT2D eigenvalue weighted by atomic mass is 16.4. The Bertz CT molecular complexity index is 818. The summed E-state index contributed by atoms with van der Waals surface area (Å²) in [6.45, 7) is 11.2. The van der Waals surface area contributed by atoms with Crippen LogP contribution in [0.4, 0.5) is 0 Å². The highest BCUT2D eigenvalue weighted by Gasteiger charge is 2.16. The molecular weight excluding hydrogens is 330 g/mol. The molecule has 0 spiro atoms. The predicted octanol–water partition coefficient (Wildman–Crippen LogP) is 3.17. The summed E-state index contributed by atoms with van der Waals surface area (Å²) in [5, 5.41) is 7.20. The Morgan fingerprint density at radius 2 is 2.00 bits per heavy atom. The summed E-state index contributed by atoms with van der Waals surface area (Å²) in [6.07, 6.45) is 2.39. The second-order valence-corrected chi connectivity index (χ2v) is 7.25. The number of hydrogen-bond donors (Lipinski definition) is 1. The first-order valence-corrected chi connectivity index (χ1v) is 9.20. The third kappa shape index (κ3) is 5.31. The van der Waals surface area contributed by atoms with E-state index in [1.54, 1.807) is 13.0 Å². The van der Waals surface area contributed by atoms with Gasteiger partial charge in [0.1, 0.15) is 11.3 Å². The van der Waals surface area contributed by atoms with Gasteiger partial charge in [0.2, 0.25) is 0 Å². The Morgan fingerprint density at radius 3 is 2.58 bits per heavy atom. The fourth-order valence-electron chi connectivity index (χ4n) is 2.92. The average Bonchev–Trinajstić information content (AvgIpc) is 2.86. The summed E-state index contributed by atoms with van der Waals surface area (Å²) in [7, 11) is 0. The summed E-state index contributed by atoms with van der Waals surface area (Å²) in [4.78, 5) is 24.6. The molecule has 0 atom stereocenters. The number of amides is 1. The van der Waals surface area contributed by atoms with Crippen LogP contribution in [0.5, 0.6) is 0 Å². The molecule has 142 valence electrons. The average molecular weight is 359 g/mol. The van der Waals surface area contributed by atoms with Gasteiger partial charge in [-0.1, -0.05) is 13.8 Å². The minimum Gasteiger partial charge on any atom is -0.427 e. The molecule has 0 radical (unpaired) electrons. The molecule has 0 aliphatic rings. The Balaban J connectivity index is 1.92. The molecule has 1 N–H and O–H groups in total. The van der Waals surface area contributed by atoms with Crippen molar-refractivity contribution in [2.45, 2.75) is 60.4 Å². The van der Waals surface area contributed by atoms with Crippen LogP contribution >= 0.6 is 0 Å². The Labute approximate surface area is 154 Å². The maximum Gasteiger partial charge on any atom is 0.349 e. The Hall–Kier alpha value is -2.37. The fraction of sp³-hybridized carbons (Fsp3) is 0.550. The highest BCUT2D eigenvalue weighted by Crippen LogP contribution is 2.11. The third-order valence-electron chi connectivity index (χ3n) is 4.33. The van der Waals surface area contributed by atoms with Gasteiger partial charge in [-0.2, -0.15) is 5.10 Å². The van der Waals surface area contributed by atoms with E-state index in [9.17, 15) is 9.59 Å². The molecule has 0 aliphatic heterocycles. The molecule has 1 amide bonds. The van der Waals surface area contributed by atoms with Crippen molar-refractivity contribution in [2.75, 3.05) is 6.54 Å². The first-order chi connectivity index (χ1) is 12.3. The molecule has 26 heavy (non-hydrogen) atoms. The van der Waals surface area contributed by atoms with Crippen molar-refractivity contribution in [3.05, 3.63) is 50.8 Å². The van der Waals surface area contributed by atoms with Crippen LogP contribution in [-0.2, 0) is 13.0 Å². The molecule has 2 aromatic rings. The minimum absolute atomic E-state index is 0.101. The zero-order valence-corrected chi connectivity index (χ0v) is 16.4. The third-order valence-corrected chi connectivity index (χ3v) is 4.33. The summed E-state index contributed by atoms with van der Waals surface area (Å²) in [6, 6.07) is 3.82. The number of hydrogen-bond acceptors (Lipinski definition) is 4. The van der Waals surface area contributed by atoms with E-state index >= 15 is 0 Å². The van der Waals surface area contributed by atoms with Crippen LogP contribution in [0.2, 0.25) is 0 Å². The minimum atomic E-state index is -0.556. The quantitative estimate of drug-likeness (QED) is 0.735. The van der Waals surface area contributed by atoms with Gasteiger partial charge < -0.3 is 9.73 Å². The van der Waals surface area contributed by atoms with Crippen molar-refractivity contribution in [3.8, 4) is 0 Å². The van der Waals surface area contributed by atoms with Crippen molar-refractivity contribution >= 4 is 5.91 Å². The van der Waals surface area contributed by atoms with E-state index in [4.69, 9.17) is 4.42 Å². The van der Waals surface area contributed by atoms with Gasteiger partial charge in [0.25, 0.3) is 5.91 Å². The molecular formula is C20H29N3O3. The Kier molecular flexibility index (Phi) is 6.77. The number of nitrogens with one attached hydrogen (secondary N) is 1. The van der Waals surface area contributed by atoms with Gasteiger partial charge in [0.05, 0.1) is 5.69 Å². The lowest BCUT2D eigenvalue weighted by atomic mass is 10.0. The monoisotopic (exact) mass is 359 g/mol. The second kappa shape index (κ2) is 8.83. The van der Waals surface area contributed by atoms with E-state index < -0.39 is 5.63 Å². The van der Waals surface area contributed by atoms with E-state index in [1.807, 2.05) is 24.6 Å². The summed E-state index contributed by atoms with van der Waals surface area (Å²) < 4.78 is 7.25. The summed E-state index contributed by atoms with van der Waals surface area (Å²) >= 11 is 0. The zero-order chi connectivity index (χ0) is 19.3. The second-order valence-electron chi connectivity index (χ2n) is 7.25. The maximum atomic E-state index is 12.4. The van der Waals surface area contributed by atoms with Crippen LogP contribution in [0.3, 0.4) is 0 Å². The van der Waals surface area contributed by atoms with Crippen LogP contribution in [0.25, 0.3) is 0 Å². The maximum absolute atomic E-state index is 12.4. The topological polar surface area (TPSA) is 77.1 Å². The van der Waals surface area contributed by atoms with Crippen molar-refractivity contribution in [3.63, 3.8) is 0 Å². The molecule has 6 nitrogen and oxygen atoms in total. The van der Waals surface area contributed by atoms with E-state index in [-0.39, 0.29) is 11.5 Å². The molecule has 2 aromatic heterocycles. The Morgan fingerprint density at radius 1 is 1.27 bits per heavy atom. The molecule has 0 saturated carbocycles. The molecule has 0 aliphatic carbocycles. The van der Waals surface area contributed by atoms with Gasteiger partial charge in [-0.05, 0) is 57.2 Å². The van der Waals surface area contributed by atoms with E-state index in [0.29, 0.717) is 30.2 Å². The van der Waals surface area contributed by atoms with Crippen molar-refractivity contribution < 1.29 is 9.21 Å². The fourth-order valence-corrected chi connectivity index (χ4v) is 2.92. The molecule has 0 saturated heterocycles. The smallest absolute Gasteiger partial charge is 0.349 e. The molecule has 0 bridgehead atoms. The van der Waals surface area contributed by atoms with Gasteiger partial charge in [0.15, 0.2) is 0 Å². The molecule has 2 rings (SSSR count). The molecule has 6 heteroatoms. The number of nitrogens with zero attached hydrogens (tertiary/aromatic N) is 2. The van der Waals surface area contributed by atoms with Crippen LogP contribution in [0.1, 0.15) is 59.8 Å². The predicted molar refractivity (Wildman–Crippen MR) is 102 cm³/mol. The zero-order valence-electron chi connectivity index (χ0n) is 16.4. The first kappa shape index (κ1) is 19.9. The SMILES string of the molecule is Cc1cc(C)n(CCCNC(=O)c2c(C)cc(CCC(C)C)oc2=O)n1. The van der Waals surface area contributed by atoms with Crippen molar-refractivity contribution in [1.82, 2.24) is 15.1 Å². The van der Waals surface area contributed by atoms with Crippen LogP contribution in [0.15, 0.2) is 21.3 Å². The lowest BCUT2D eigenvalue weighted by Gasteiger charge is -2.09. The van der Waals surface area contributed by atoms with Crippen molar-refractivity contribution in [2.24, 2.45) is 5.92 Å². The lowest BCUT2D eigenvalue weighted by Crippen LogP contribution is -2.31. The van der Waals surface area contributed by atoms with E-state index in [1.165, 1.54) is 0 Å². The number of rotatable bonds is 8. The van der Waals surface area contributed by atoms with Crippen LogP contribution < -0.4 is 10.9 Å². The normalized spacial score (nSPS) is 11.2. The molecule has 0 aromatic carbocycles. The van der Waals surface area contributed by atoms with Gasteiger partial charge in [-0.15, -0.1) is 0 Å². The first-order valence-electron chi connectivity index (χ1n) is 9.20. The largest absolute Gasteiger partial charge is 0.427 e. The number of aryl methyl sites for hydroxylation is 5. The van der Waals surface area contributed by atoms with Crippen LogP contribution in [-0.4, -0.2) is 22.2 Å². The van der Waals surface area contributed by atoms with Crippen LogP contribution in [0, 0.1) is 26.7 Å². The standard InChI is InChI=1S/C20H29N3O3/c1-13(2)7-8-17-11-14(3)18(20(25)26-17)19(24)21-9-6-10-23-16(5)12-15(4)22-23/h11-13H,6-10H2,1-5H3,(H,21,24). The lowest BCUT2D eigenvalue weighted by molar-refractivity contribution is 0.0947. The molecule has 2 heterocycles. The highest BCUT2D eigenvalue weighted by molar-refractivity contribution is 5.95.